The summed E-state index contributed by atoms with van der Waals surface area (Å²) in [7, 11) is 0. The molecule has 1 saturated heterocycles. The van der Waals surface area contributed by atoms with E-state index in [1.165, 1.54) is 16.9 Å². The van der Waals surface area contributed by atoms with Crippen molar-refractivity contribution in [1.29, 1.82) is 0 Å². The smallest absolute Gasteiger partial charge is 0.262 e. The predicted octanol–water partition coefficient (Wildman–Crippen LogP) is 3.57. The first-order valence-corrected chi connectivity index (χ1v) is 11.4. The zero-order chi connectivity index (χ0) is 24.7. The van der Waals surface area contributed by atoms with Crippen molar-refractivity contribution >= 4 is 23.0 Å². The Morgan fingerprint density at radius 3 is 2.89 bits per heavy atom. The Bertz CT molecular complexity index is 1420. The largest absolute Gasteiger partial charge is 0.474 e. The molecule has 4 aromatic rings. The summed E-state index contributed by atoms with van der Waals surface area (Å²) in [5.41, 5.74) is 1.19. The molecule has 1 N–H and O–H groups in total. The summed E-state index contributed by atoms with van der Waals surface area (Å²) >= 11 is 0. The molecule has 0 bridgehead atoms. The molecule has 5 heterocycles. The van der Waals surface area contributed by atoms with E-state index in [0.29, 0.717) is 23.7 Å². The quantitative estimate of drug-likeness (QED) is 0.421. The second kappa shape index (κ2) is 8.73. The van der Waals surface area contributed by atoms with Gasteiger partial charge in [0, 0.05) is 12.4 Å². The first-order chi connectivity index (χ1) is 16.8. The lowest BCUT2D eigenvalue weighted by Crippen LogP contribution is -2.37. The molecule has 1 fully saturated rings. The standard InChI is InChI=1S/C24H26FN7O3/c1-5-24(7-6-15(4)34-13-24)19-12-31-11-17(22(35-14(2)3)30-23(31)29-19)21(33)28-18-9-27-32-10-16(25)8-26-20(18)32/h5,8-12,14-15H,1,6-7,13H2,2-4H3,(H,28,33)/t15?,24-/m0/s1. The Morgan fingerprint density at radius 2 is 2.17 bits per heavy atom. The lowest BCUT2D eigenvalue weighted by molar-refractivity contribution is -0.00698. The highest BCUT2D eigenvalue weighted by molar-refractivity contribution is 6.07. The van der Waals surface area contributed by atoms with Gasteiger partial charge in [-0.2, -0.15) is 10.1 Å². The molecule has 1 amide bonds. The first kappa shape index (κ1) is 22.9. The number of carbonyl (C=O) groups excluding carboxylic acids is 1. The highest BCUT2D eigenvalue weighted by atomic mass is 19.1. The lowest BCUT2D eigenvalue weighted by atomic mass is 9.79. The van der Waals surface area contributed by atoms with Gasteiger partial charge in [0.15, 0.2) is 11.5 Å². The SMILES string of the molecule is C=C[C@]1(c2cn3cc(C(=O)Nc4cnn5cc(F)cnc45)c(OC(C)C)nc3n2)CCC(C)OC1. The predicted molar refractivity (Wildman–Crippen MR) is 126 cm³/mol. The number of anilines is 1. The van der Waals surface area contributed by atoms with E-state index in [0.717, 1.165) is 24.7 Å². The van der Waals surface area contributed by atoms with Crippen molar-refractivity contribution in [2.75, 3.05) is 11.9 Å². The number of ether oxygens (including phenoxy) is 2. The van der Waals surface area contributed by atoms with Gasteiger partial charge in [0.05, 0.1) is 48.5 Å². The van der Waals surface area contributed by atoms with E-state index in [9.17, 15) is 9.18 Å². The third-order valence-electron chi connectivity index (χ3n) is 6.10. The molecule has 10 nitrogen and oxygen atoms in total. The molecule has 0 radical (unpaired) electrons. The van der Waals surface area contributed by atoms with E-state index >= 15 is 0 Å². The summed E-state index contributed by atoms with van der Waals surface area (Å²) in [5.74, 6) is -0.453. The van der Waals surface area contributed by atoms with Crippen LogP contribution in [-0.4, -0.2) is 53.7 Å². The molecule has 0 saturated carbocycles. The van der Waals surface area contributed by atoms with Crippen molar-refractivity contribution in [2.45, 2.75) is 51.2 Å². The van der Waals surface area contributed by atoms with Crippen molar-refractivity contribution < 1.29 is 18.7 Å². The minimum Gasteiger partial charge on any atom is -0.474 e. The number of amides is 1. The van der Waals surface area contributed by atoms with Gasteiger partial charge in [-0.05, 0) is 33.6 Å². The van der Waals surface area contributed by atoms with Gasteiger partial charge in [-0.15, -0.1) is 6.58 Å². The molecule has 0 aromatic carbocycles. The van der Waals surface area contributed by atoms with Crippen LogP contribution < -0.4 is 10.1 Å². The number of carbonyl (C=O) groups is 1. The van der Waals surface area contributed by atoms with Crippen LogP contribution in [0.4, 0.5) is 10.1 Å². The fourth-order valence-corrected chi connectivity index (χ4v) is 4.12. The summed E-state index contributed by atoms with van der Waals surface area (Å²) < 4.78 is 28.2. The van der Waals surface area contributed by atoms with Crippen molar-refractivity contribution in [2.24, 2.45) is 0 Å². The van der Waals surface area contributed by atoms with E-state index in [4.69, 9.17) is 14.5 Å². The van der Waals surface area contributed by atoms with Gasteiger partial charge in [-0.3, -0.25) is 9.20 Å². The number of hydrogen-bond donors (Lipinski definition) is 1. The van der Waals surface area contributed by atoms with Gasteiger partial charge in [-0.1, -0.05) is 6.08 Å². The summed E-state index contributed by atoms with van der Waals surface area (Å²) in [6.07, 6.45) is 10.7. The van der Waals surface area contributed by atoms with Crippen molar-refractivity contribution in [1.82, 2.24) is 29.0 Å². The topological polar surface area (TPSA) is 108 Å². The maximum Gasteiger partial charge on any atom is 0.262 e. The molecule has 1 aliphatic rings. The monoisotopic (exact) mass is 479 g/mol. The Morgan fingerprint density at radius 1 is 1.34 bits per heavy atom. The zero-order valence-electron chi connectivity index (χ0n) is 19.7. The lowest BCUT2D eigenvalue weighted by Gasteiger charge is -2.35. The molecule has 4 aromatic heterocycles. The maximum absolute atomic E-state index is 13.4. The van der Waals surface area contributed by atoms with Crippen LogP contribution in [0.2, 0.25) is 0 Å². The third-order valence-corrected chi connectivity index (χ3v) is 6.10. The second-order valence-corrected chi connectivity index (χ2v) is 9.03. The Kier molecular flexibility index (Phi) is 5.72. The van der Waals surface area contributed by atoms with Crippen molar-refractivity contribution in [3.8, 4) is 5.88 Å². The van der Waals surface area contributed by atoms with Crippen LogP contribution in [0.15, 0.2) is 43.6 Å². The van der Waals surface area contributed by atoms with Crippen molar-refractivity contribution in [3.05, 3.63) is 60.7 Å². The number of hydrogen-bond acceptors (Lipinski definition) is 7. The third kappa shape index (κ3) is 4.23. The average molecular weight is 480 g/mol. The number of nitrogens with one attached hydrogen (secondary N) is 1. The molecule has 1 unspecified atom stereocenters. The minimum absolute atomic E-state index is 0.152. The van der Waals surface area contributed by atoms with Crippen LogP contribution in [0.3, 0.4) is 0 Å². The Balaban J connectivity index is 1.53. The van der Waals surface area contributed by atoms with Gasteiger partial charge in [-0.25, -0.2) is 18.9 Å². The van der Waals surface area contributed by atoms with Gasteiger partial charge in [0.1, 0.15) is 11.3 Å². The van der Waals surface area contributed by atoms with E-state index in [-0.39, 0.29) is 23.7 Å². The van der Waals surface area contributed by atoms with Crippen LogP contribution in [0.25, 0.3) is 11.4 Å². The fraction of sp³-hybridized carbons (Fsp3) is 0.375. The molecule has 2 atom stereocenters. The molecular weight excluding hydrogens is 453 g/mol. The molecule has 11 heteroatoms. The molecule has 0 aliphatic carbocycles. The number of nitrogens with zero attached hydrogens (tertiary/aromatic N) is 6. The molecule has 0 spiro atoms. The summed E-state index contributed by atoms with van der Waals surface area (Å²) in [5, 5.41) is 6.82. The van der Waals surface area contributed by atoms with E-state index in [2.05, 4.69) is 33.9 Å². The molecular formula is C24H26FN7O3. The Labute approximate surface area is 200 Å². The molecule has 182 valence electrons. The number of fused-ring (bicyclic) bond motifs is 2. The number of aromatic nitrogens is 6. The summed E-state index contributed by atoms with van der Waals surface area (Å²) in [6.45, 7) is 10.3. The summed E-state index contributed by atoms with van der Waals surface area (Å²) in [6, 6.07) is 0. The fourth-order valence-electron chi connectivity index (χ4n) is 4.12. The van der Waals surface area contributed by atoms with E-state index < -0.39 is 17.1 Å². The first-order valence-electron chi connectivity index (χ1n) is 11.4. The number of rotatable bonds is 6. The highest BCUT2D eigenvalue weighted by Gasteiger charge is 2.36. The second-order valence-electron chi connectivity index (χ2n) is 9.03. The maximum atomic E-state index is 13.4. The van der Waals surface area contributed by atoms with Crippen LogP contribution in [-0.2, 0) is 10.2 Å². The minimum atomic E-state index is -0.535. The van der Waals surface area contributed by atoms with Crippen molar-refractivity contribution in [3.63, 3.8) is 0 Å². The summed E-state index contributed by atoms with van der Waals surface area (Å²) in [4.78, 5) is 26.6. The van der Waals surface area contributed by atoms with Gasteiger partial charge >= 0.3 is 0 Å². The van der Waals surface area contributed by atoms with Gasteiger partial charge in [0.2, 0.25) is 11.7 Å². The molecule has 1 aliphatic heterocycles. The zero-order valence-corrected chi connectivity index (χ0v) is 19.7. The van der Waals surface area contributed by atoms with Crippen LogP contribution in [0.1, 0.15) is 49.7 Å². The highest BCUT2D eigenvalue weighted by Crippen LogP contribution is 2.36. The number of halogens is 1. The van der Waals surface area contributed by atoms with Crippen LogP contribution in [0.5, 0.6) is 5.88 Å². The van der Waals surface area contributed by atoms with Gasteiger partial charge < -0.3 is 14.8 Å². The molecule has 35 heavy (non-hydrogen) atoms. The van der Waals surface area contributed by atoms with Crippen LogP contribution >= 0.6 is 0 Å². The van der Waals surface area contributed by atoms with Gasteiger partial charge in [0.25, 0.3) is 5.91 Å². The number of imidazole rings is 1. The Hall–Kier alpha value is -3.86. The van der Waals surface area contributed by atoms with E-state index in [1.54, 1.807) is 10.6 Å². The normalized spacial score (nSPS) is 20.4. The molecule has 5 rings (SSSR count). The van der Waals surface area contributed by atoms with Crippen LogP contribution in [0, 0.1) is 5.82 Å². The van der Waals surface area contributed by atoms with E-state index in [1.807, 2.05) is 26.1 Å². The average Bonchev–Trinajstić information content (AvgIpc) is 3.42.